The lowest BCUT2D eigenvalue weighted by Crippen LogP contribution is -2.07. The van der Waals surface area contributed by atoms with E-state index in [-0.39, 0.29) is 6.10 Å². The van der Waals surface area contributed by atoms with Gasteiger partial charge in [0, 0.05) is 0 Å². The zero-order chi connectivity index (χ0) is 12.8. The maximum atomic E-state index is 10.6. The Balaban J connectivity index is 3.07. The molecule has 1 unspecified atom stereocenters. The van der Waals surface area contributed by atoms with Crippen molar-refractivity contribution in [3.63, 3.8) is 0 Å². The second-order valence-corrected chi connectivity index (χ2v) is 3.76. The van der Waals surface area contributed by atoms with Crippen molar-refractivity contribution in [2.24, 2.45) is 5.18 Å². The van der Waals surface area contributed by atoms with Gasteiger partial charge in [-0.05, 0) is 31.5 Å². The fraction of sp³-hybridized carbons (Fsp3) is 0.417. The maximum Gasteiger partial charge on any atom is 0.172 e. The van der Waals surface area contributed by atoms with Crippen LogP contribution in [0.25, 0.3) is 0 Å². The topological polar surface area (TPSA) is 65.0 Å². The van der Waals surface area contributed by atoms with Crippen LogP contribution in [0.15, 0.2) is 23.4 Å². The second-order valence-electron chi connectivity index (χ2n) is 3.76. The highest BCUT2D eigenvalue weighted by molar-refractivity contribution is 5.63. The minimum Gasteiger partial charge on any atom is -0.493 e. The first-order valence-electron chi connectivity index (χ1n) is 5.24. The molecule has 0 aliphatic heterocycles. The highest BCUT2D eigenvalue weighted by Gasteiger charge is 2.14. The van der Waals surface area contributed by atoms with Gasteiger partial charge in [0.05, 0.1) is 13.2 Å². The van der Waals surface area contributed by atoms with E-state index in [1.54, 1.807) is 18.2 Å². The van der Waals surface area contributed by atoms with Crippen molar-refractivity contribution in [2.75, 3.05) is 7.11 Å². The predicted octanol–water partition coefficient (Wildman–Crippen LogP) is 2.49. The first kappa shape index (κ1) is 13.2. The number of ether oxygens (including phenoxy) is 2. The van der Waals surface area contributed by atoms with Crippen molar-refractivity contribution in [1.82, 2.24) is 0 Å². The molecule has 1 atom stereocenters. The van der Waals surface area contributed by atoms with E-state index in [9.17, 15) is 9.70 Å². The van der Waals surface area contributed by atoms with Gasteiger partial charge in [-0.2, -0.15) is 0 Å². The van der Waals surface area contributed by atoms with Crippen LogP contribution in [-0.2, 0) is 4.79 Å². The van der Waals surface area contributed by atoms with E-state index in [1.165, 1.54) is 7.11 Å². The standard InChI is InChI=1S/C12H15NO4/c1-8(2)17-11-5-4-9(6-12(11)16-3)10(7-14)13-15/h4-8,10H,1-3H3. The van der Waals surface area contributed by atoms with Gasteiger partial charge in [0.25, 0.3) is 0 Å². The largest absolute Gasteiger partial charge is 0.493 e. The van der Waals surface area contributed by atoms with E-state index in [0.717, 1.165) is 0 Å². The molecular weight excluding hydrogens is 222 g/mol. The van der Waals surface area contributed by atoms with Gasteiger partial charge in [-0.3, -0.25) is 0 Å². The van der Waals surface area contributed by atoms with E-state index < -0.39 is 6.04 Å². The molecule has 0 N–H and O–H groups in total. The number of carbonyl (C=O) groups is 1. The van der Waals surface area contributed by atoms with Crippen molar-refractivity contribution < 1.29 is 14.3 Å². The SMILES string of the molecule is COc1cc(C(C=O)N=O)ccc1OC(C)C. The van der Waals surface area contributed by atoms with Crippen LogP contribution in [0.3, 0.4) is 0 Å². The third-order valence-corrected chi connectivity index (χ3v) is 2.13. The summed E-state index contributed by atoms with van der Waals surface area (Å²) in [5, 5.41) is 2.73. The van der Waals surface area contributed by atoms with Crippen LogP contribution in [0.2, 0.25) is 0 Å². The van der Waals surface area contributed by atoms with Crippen molar-refractivity contribution in [3.8, 4) is 11.5 Å². The molecule has 0 saturated heterocycles. The quantitative estimate of drug-likeness (QED) is 0.563. The van der Waals surface area contributed by atoms with Crippen LogP contribution in [0.1, 0.15) is 25.5 Å². The summed E-state index contributed by atoms with van der Waals surface area (Å²) < 4.78 is 10.7. The van der Waals surface area contributed by atoms with Gasteiger partial charge in [0.15, 0.2) is 23.8 Å². The lowest BCUT2D eigenvalue weighted by atomic mass is 10.1. The van der Waals surface area contributed by atoms with Crippen LogP contribution >= 0.6 is 0 Å². The molecule has 1 aromatic rings. The van der Waals surface area contributed by atoms with Gasteiger partial charge in [0.2, 0.25) is 0 Å². The molecular formula is C12H15NO4. The summed E-state index contributed by atoms with van der Waals surface area (Å²) in [4.78, 5) is 21.1. The van der Waals surface area contributed by atoms with Gasteiger partial charge in [0.1, 0.15) is 0 Å². The van der Waals surface area contributed by atoms with Gasteiger partial charge in [-0.25, -0.2) is 0 Å². The molecule has 1 rings (SSSR count). The lowest BCUT2D eigenvalue weighted by molar-refractivity contribution is -0.108. The number of hydrogen-bond acceptors (Lipinski definition) is 5. The molecule has 1 aromatic carbocycles. The molecule has 0 spiro atoms. The van der Waals surface area contributed by atoms with Crippen LogP contribution in [0, 0.1) is 4.91 Å². The smallest absolute Gasteiger partial charge is 0.172 e. The summed E-state index contributed by atoms with van der Waals surface area (Å²) in [5.41, 5.74) is 0.489. The maximum absolute atomic E-state index is 10.6. The summed E-state index contributed by atoms with van der Waals surface area (Å²) in [6.07, 6.45) is 0.505. The molecule has 0 bridgehead atoms. The zero-order valence-corrected chi connectivity index (χ0v) is 10.0. The van der Waals surface area contributed by atoms with Gasteiger partial charge in [-0.15, -0.1) is 4.91 Å². The summed E-state index contributed by atoms with van der Waals surface area (Å²) in [5.74, 6) is 1.05. The average molecular weight is 237 g/mol. The number of benzene rings is 1. The van der Waals surface area contributed by atoms with Gasteiger partial charge >= 0.3 is 0 Å². The van der Waals surface area contributed by atoms with Crippen molar-refractivity contribution in [3.05, 3.63) is 28.7 Å². The number of nitroso groups, excluding NO2 is 1. The molecule has 0 heterocycles. The normalized spacial score (nSPS) is 12.0. The minimum atomic E-state index is -1.00. The Morgan fingerprint density at radius 1 is 1.29 bits per heavy atom. The molecule has 5 nitrogen and oxygen atoms in total. The van der Waals surface area contributed by atoms with E-state index >= 15 is 0 Å². The zero-order valence-electron chi connectivity index (χ0n) is 10.0. The number of hydrogen-bond donors (Lipinski definition) is 0. The van der Waals surface area contributed by atoms with E-state index in [2.05, 4.69) is 5.18 Å². The van der Waals surface area contributed by atoms with E-state index in [0.29, 0.717) is 23.3 Å². The molecule has 5 heteroatoms. The first-order chi connectivity index (χ1) is 8.12. The fourth-order valence-corrected chi connectivity index (χ4v) is 1.38. The molecule has 92 valence electrons. The van der Waals surface area contributed by atoms with E-state index in [1.807, 2.05) is 13.8 Å². The molecule has 0 aromatic heterocycles. The Morgan fingerprint density at radius 2 is 2.00 bits per heavy atom. The van der Waals surface area contributed by atoms with Crippen LogP contribution in [0.4, 0.5) is 0 Å². The number of carbonyl (C=O) groups excluding carboxylic acids is 1. The molecule has 0 radical (unpaired) electrons. The lowest BCUT2D eigenvalue weighted by Gasteiger charge is -2.14. The molecule has 17 heavy (non-hydrogen) atoms. The summed E-state index contributed by atoms with van der Waals surface area (Å²) in [6, 6.07) is 3.87. The van der Waals surface area contributed by atoms with Crippen LogP contribution in [-0.4, -0.2) is 19.5 Å². The summed E-state index contributed by atoms with van der Waals surface area (Å²) in [6.45, 7) is 3.79. The summed E-state index contributed by atoms with van der Waals surface area (Å²) in [7, 11) is 1.50. The Labute approximate surface area is 99.7 Å². The number of methoxy groups -OCH3 is 1. The van der Waals surface area contributed by atoms with Crippen molar-refractivity contribution >= 4 is 6.29 Å². The highest BCUT2D eigenvalue weighted by atomic mass is 16.5. The van der Waals surface area contributed by atoms with Crippen molar-refractivity contribution in [1.29, 1.82) is 0 Å². The van der Waals surface area contributed by atoms with Crippen molar-refractivity contribution in [2.45, 2.75) is 26.0 Å². The predicted molar refractivity (Wildman–Crippen MR) is 63.4 cm³/mol. The molecule has 0 amide bonds. The monoisotopic (exact) mass is 237 g/mol. The fourth-order valence-electron chi connectivity index (χ4n) is 1.38. The number of aldehydes is 1. The third kappa shape index (κ3) is 3.27. The Bertz CT molecular complexity index is 395. The number of rotatable bonds is 6. The molecule has 0 aliphatic carbocycles. The number of nitrogens with zero attached hydrogens (tertiary/aromatic N) is 1. The Kier molecular flexibility index (Phi) is 4.63. The van der Waals surface area contributed by atoms with Crippen LogP contribution < -0.4 is 9.47 Å². The molecule has 0 aliphatic rings. The van der Waals surface area contributed by atoms with Gasteiger partial charge < -0.3 is 14.3 Å². The first-order valence-corrected chi connectivity index (χ1v) is 5.24. The minimum absolute atomic E-state index is 0.0146. The second kappa shape index (κ2) is 5.98. The van der Waals surface area contributed by atoms with E-state index in [4.69, 9.17) is 9.47 Å². The highest BCUT2D eigenvalue weighted by Crippen LogP contribution is 2.31. The van der Waals surface area contributed by atoms with Crippen LogP contribution in [0.5, 0.6) is 11.5 Å². The molecule has 0 fully saturated rings. The summed E-state index contributed by atoms with van der Waals surface area (Å²) >= 11 is 0. The molecule has 0 saturated carbocycles. The third-order valence-electron chi connectivity index (χ3n) is 2.13. The Hall–Kier alpha value is -1.91. The average Bonchev–Trinajstić information content (AvgIpc) is 2.31. The van der Waals surface area contributed by atoms with Gasteiger partial charge in [-0.1, -0.05) is 11.2 Å². The Morgan fingerprint density at radius 3 is 2.47 bits per heavy atom.